The third-order valence-corrected chi connectivity index (χ3v) is 9.86. The second-order valence-electron chi connectivity index (χ2n) is 14.6. The number of aromatic carboxylic acids is 2. The number of nitrogens with zero attached hydrogens (tertiary/aromatic N) is 2. The zero-order chi connectivity index (χ0) is 48.2. The Kier molecular flexibility index (Phi) is 14.8. The SMILES string of the molecule is NC1=CC(C(=O)O)CC(C(=O)O)=C1.O=C(Nc1ccccc1)c1cc2ccccc2cc1O.O=C(O)c1cc(N=Nc2c(O)c(C(=O)Nc3ccccc3)cc3ccccc23)cc(C(=O)O)c1. The average Bonchev–Trinajstić information content (AvgIpc) is 3.31. The van der Waals surface area contributed by atoms with Gasteiger partial charge in [-0.05, 0) is 95.4 Å². The van der Waals surface area contributed by atoms with Crippen LogP contribution >= 0.6 is 0 Å². The van der Waals surface area contributed by atoms with Gasteiger partial charge in [-0.1, -0.05) is 84.9 Å². The van der Waals surface area contributed by atoms with E-state index in [2.05, 4.69) is 20.9 Å². The first-order valence-electron chi connectivity index (χ1n) is 19.9. The van der Waals surface area contributed by atoms with Crippen molar-refractivity contribution in [3.8, 4) is 11.5 Å². The van der Waals surface area contributed by atoms with Gasteiger partial charge in [0.1, 0.15) is 11.4 Å². The minimum Gasteiger partial charge on any atom is -0.507 e. The summed E-state index contributed by atoms with van der Waals surface area (Å²) in [7, 11) is 0. The zero-order valence-electron chi connectivity index (χ0n) is 34.9. The number of carbonyl (C=O) groups is 6. The molecule has 10 N–H and O–H groups in total. The molecule has 0 bridgehead atoms. The molecule has 0 spiro atoms. The predicted octanol–water partition coefficient (Wildman–Crippen LogP) is 9.35. The molecule has 0 fully saturated rings. The summed E-state index contributed by atoms with van der Waals surface area (Å²) in [5, 5.41) is 73.1. The van der Waals surface area contributed by atoms with Crippen LogP contribution in [0.3, 0.4) is 0 Å². The number of para-hydroxylation sites is 2. The molecule has 0 heterocycles. The largest absolute Gasteiger partial charge is 0.507 e. The molecule has 1 atom stereocenters. The molecule has 17 heteroatoms. The molecule has 1 unspecified atom stereocenters. The first-order chi connectivity index (χ1) is 32.1. The van der Waals surface area contributed by atoms with Crippen LogP contribution in [0.5, 0.6) is 11.5 Å². The quantitative estimate of drug-likeness (QED) is 0.0579. The van der Waals surface area contributed by atoms with Crippen molar-refractivity contribution >= 4 is 80.0 Å². The molecule has 0 saturated heterocycles. The summed E-state index contributed by atoms with van der Waals surface area (Å²) in [4.78, 5) is 68.9. The van der Waals surface area contributed by atoms with E-state index in [1.807, 2.05) is 42.5 Å². The number of aromatic hydroxyl groups is 2. The van der Waals surface area contributed by atoms with Crippen LogP contribution in [0, 0.1) is 5.92 Å². The highest BCUT2D eigenvalue weighted by Crippen LogP contribution is 2.40. The van der Waals surface area contributed by atoms with Gasteiger partial charge in [0, 0.05) is 28.0 Å². The molecule has 7 aromatic rings. The van der Waals surface area contributed by atoms with E-state index in [1.54, 1.807) is 78.9 Å². The van der Waals surface area contributed by atoms with E-state index < -0.39 is 41.5 Å². The predicted molar refractivity (Wildman–Crippen MR) is 248 cm³/mol. The van der Waals surface area contributed by atoms with Crippen molar-refractivity contribution in [3.63, 3.8) is 0 Å². The smallest absolute Gasteiger partial charge is 0.335 e. The molecule has 67 heavy (non-hydrogen) atoms. The number of amides is 2. The first-order valence-corrected chi connectivity index (χ1v) is 19.9. The third kappa shape index (κ3) is 12.1. The number of nitrogens with two attached hydrogens (primary N) is 1. The molecular weight excluding hydrogens is 863 g/mol. The average molecular weight is 902 g/mol. The topological polar surface area (TPSA) is 299 Å². The molecule has 1 aliphatic carbocycles. The summed E-state index contributed by atoms with van der Waals surface area (Å²) in [5.41, 5.74) is 6.42. The maximum absolute atomic E-state index is 12.9. The highest BCUT2D eigenvalue weighted by Gasteiger charge is 2.24. The van der Waals surface area contributed by atoms with Gasteiger partial charge in [0.15, 0.2) is 5.75 Å². The third-order valence-electron chi connectivity index (χ3n) is 9.86. The monoisotopic (exact) mass is 901 g/mol. The Morgan fingerprint density at radius 3 is 1.58 bits per heavy atom. The number of benzene rings is 7. The number of phenolic OH excluding ortho intramolecular Hbond substituents is 2. The van der Waals surface area contributed by atoms with Crippen LogP contribution in [0.4, 0.5) is 22.7 Å². The van der Waals surface area contributed by atoms with Crippen molar-refractivity contribution in [3.05, 3.63) is 191 Å². The zero-order valence-corrected chi connectivity index (χ0v) is 34.9. The number of fused-ring (bicyclic) bond motifs is 2. The molecule has 0 radical (unpaired) electrons. The number of rotatable bonds is 10. The van der Waals surface area contributed by atoms with Crippen molar-refractivity contribution in [1.29, 1.82) is 0 Å². The summed E-state index contributed by atoms with van der Waals surface area (Å²) >= 11 is 0. The molecule has 0 saturated carbocycles. The van der Waals surface area contributed by atoms with Gasteiger partial charge in [0.2, 0.25) is 0 Å². The van der Waals surface area contributed by atoms with E-state index >= 15 is 0 Å². The molecule has 7 aromatic carbocycles. The van der Waals surface area contributed by atoms with E-state index in [9.17, 15) is 49.2 Å². The minimum atomic E-state index is -1.33. The van der Waals surface area contributed by atoms with Crippen molar-refractivity contribution in [2.75, 3.05) is 10.6 Å². The number of allylic oxidation sites excluding steroid dienone is 1. The second kappa shape index (κ2) is 21.2. The van der Waals surface area contributed by atoms with Gasteiger partial charge in [0.25, 0.3) is 11.8 Å². The number of phenols is 2. The van der Waals surface area contributed by atoms with E-state index in [0.717, 1.165) is 29.0 Å². The highest BCUT2D eigenvalue weighted by molar-refractivity contribution is 6.12. The summed E-state index contributed by atoms with van der Waals surface area (Å²) in [6.45, 7) is 0. The molecule has 2 amide bonds. The summed E-state index contributed by atoms with van der Waals surface area (Å²) in [6, 6.07) is 40.5. The van der Waals surface area contributed by atoms with Crippen LogP contribution in [-0.4, -0.2) is 66.3 Å². The Hall–Kier alpha value is -9.64. The number of azo groups is 1. The van der Waals surface area contributed by atoms with Gasteiger partial charge in [-0.15, -0.1) is 5.11 Å². The van der Waals surface area contributed by atoms with Crippen molar-refractivity contribution in [1.82, 2.24) is 0 Å². The number of carbonyl (C=O) groups excluding carboxylic acids is 2. The normalized spacial score (nSPS) is 12.9. The number of nitrogens with one attached hydrogen (secondary N) is 2. The van der Waals surface area contributed by atoms with E-state index in [0.29, 0.717) is 22.1 Å². The van der Waals surface area contributed by atoms with E-state index in [1.165, 1.54) is 18.2 Å². The Labute approximate surface area is 380 Å². The van der Waals surface area contributed by atoms with Crippen molar-refractivity contribution in [2.45, 2.75) is 6.42 Å². The number of carboxylic acids is 4. The number of anilines is 2. The van der Waals surface area contributed by atoms with Crippen molar-refractivity contribution in [2.24, 2.45) is 21.9 Å². The van der Waals surface area contributed by atoms with Gasteiger partial charge in [-0.3, -0.25) is 14.4 Å². The lowest BCUT2D eigenvalue weighted by atomic mass is 9.93. The Morgan fingerprint density at radius 2 is 1.04 bits per heavy atom. The molecule has 17 nitrogen and oxygen atoms in total. The summed E-state index contributed by atoms with van der Waals surface area (Å²) in [5.74, 6) is -6.99. The van der Waals surface area contributed by atoms with Crippen LogP contribution in [-0.2, 0) is 9.59 Å². The molecule has 0 aromatic heterocycles. The number of carboxylic acid groups (broad SMARTS) is 4. The van der Waals surface area contributed by atoms with Crippen LogP contribution in [0.15, 0.2) is 179 Å². The second-order valence-corrected chi connectivity index (χ2v) is 14.6. The van der Waals surface area contributed by atoms with Crippen LogP contribution < -0.4 is 16.4 Å². The van der Waals surface area contributed by atoms with E-state index in [4.69, 9.17) is 15.9 Å². The number of hydrogen-bond donors (Lipinski definition) is 9. The fourth-order valence-electron chi connectivity index (χ4n) is 6.61. The van der Waals surface area contributed by atoms with Crippen LogP contribution in [0.25, 0.3) is 21.5 Å². The molecule has 1 aliphatic rings. The Morgan fingerprint density at radius 1 is 0.552 bits per heavy atom. The van der Waals surface area contributed by atoms with Gasteiger partial charge in [-0.2, -0.15) is 5.11 Å². The van der Waals surface area contributed by atoms with Gasteiger partial charge < -0.3 is 47.0 Å². The lowest BCUT2D eigenvalue weighted by Crippen LogP contribution is -2.20. The van der Waals surface area contributed by atoms with Crippen LogP contribution in [0.1, 0.15) is 47.9 Å². The lowest BCUT2D eigenvalue weighted by Gasteiger charge is -2.13. The molecule has 8 rings (SSSR count). The minimum absolute atomic E-state index is 0.00856. The van der Waals surface area contributed by atoms with Gasteiger partial charge in [-0.25, -0.2) is 14.4 Å². The molecular formula is C50H39N5O12. The number of hydrogen-bond acceptors (Lipinski definition) is 11. The first kappa shape index (κ1) is 46.9. The maximum Gasteiger partial charge on any atom is 0.335 e. The van der Waals surface area contributed by atoms with Gasteiger partial charge in [0.05, 0.1) is 33.9 Å². The molecule has 0 aliphatic heterocycles. The highest BCUT2D eigenvalue weighted by atomic mass is 16.4. The van der Waals surface area contributed by atoms with Gasteiger partial charge >= 0.3 is 23.9 Å². The van der Waals surface area contributed by atoms with Crippen LogP contribution in [0.2, 0.25) is 0 Å². The Balaban J connectivity index is 0.000000188. The number of aliphatic carboxylic acids is 2. The maximum atomic E-state index is 12.9. The molecule has 336 valence electrons. The van der Waals surface area contributed by atoms with Crippen molar-refractivity contribution < 1.29 is 59.4 Å². The Bertz CT molecular complexity index is 3120. The summed E-state index contributed by atoms with van der Waals surface area (Å²) in [6.07, 6.45) is 2.61. The van der Waals surface area contributed by atoms with E-state index in [-0.39, 0.29) is 63.0 Å². The standard InChI is InChI=1S/C25H17N3O6.C17H13NO2.C8H9NO4/c29-22-20(23(30)26-17-7-2-1-3-8-17)13-14-6-4-5-9-19(14)21(22)28-27-18-11-15(24(31)32)10-16(12-18)25(33)34;19-16-11-13-7-5-4-6-12(13)10-15(16)17(20)18-14-8-2-1-3-9-14;9-6-2-4(7(10)11)1-5(3-6)8(12)13/h1-13,29H,(H,26,30)(H,31,32)(H,33,34);1-11,19H,(H,18,20);2-4H,1,9H2,(H,10,11)(H,12,13). The fourth-order valence-corrected chi connectivity index (χ4v) is 6.61. The summed E-state index contributed by atoms with van der Waals surface area (Å²) < 4.78 is 0. The fraction of sp³-hybridized carbons (Fsp3) is 0.0400. The lowest BCUT2D eigenvalue weighted by molar-refractivity contribution is -0.140.